The second kappa shape index (κ2) is 6.96. The number of nitrogens with zero attached hydrogens (tertiary/aromatic N) is 1. The first-order chi connectivity index (χ1) is 11.2. The first kappa shape index (κ1) is 15.1. The van der Waals surface area contributed by atoms with Crippen LogP contribution in [0.15, 0.2) is 54.6 Å². The highest BCUT2D eigenvalue weighted by Gasteiger charge is 2.19. The Morgan fingerprint density at radius 1 is 1.09 bits per heavy atom. The number of anilines is 2. The summed E-state index contributed by atoms with van der Waals surface area (Å²) in [6, 6.07) is 17.2. The van der Waals surface area contributed by atoms with Gasteiger partial charge in [-0.3, -0.25) is 9.59 Å². The van der Waals surface area contributed by atoms with Crippen molar-refractivity contribution in [2.45, 2.75) is 6.42 Å². The van der Waals surface area contributed by atoms with Crippen LogP contribution in [0.2, 0.25) is 0 Å². The number of piperazine rings is 1. The maximum atomic E-state index is 12.3. The number of hydrogen-bond acceptors (Lipinski definition) is 3. The summed E-state index contributed by atoms with van der Waals surface area (Å²) < 4.78 is 0. The lowest BCUT2D eigenvalue weighted by molar-refractivity contribution is -0.120. The molecule has 1 saturated heterocycles. The monoisotopic (exact) mass is 309 g/mol. The number of carbonyl (C=O) groups is 2. The minimum atomic E-state index is -0.0647. The SMILES string of the molecule is O=C1CN(c2ccccc2NC(=O)Cc2ccccc2)CCN1. The topological polar surface area (TPSA) is 61.4 Å². The van der Waals surface area contributed by atoms with Gasteiger partial charge in [-0.2, -0.15) is 0 Å². The molecular formula is C18H19N3O2. The first-order valence-electron chi connectivity index (χ1n) is 7.67. The molecule has 1 aliphatic heterocycles. The summed E-state index contributed by atoms with van der Waals surface area (Å²) in [5.41, 5.74) is 2.59. The Morgan fingerprint density at radius 2 is 1.83 bits per heavy atom. The third-order valence-corrected chi connectivity index (χ3v) is 3.76. The number of carbonyl (C=O) groups excluding carboxylic acids is 2. The van der Waals surface area contributed by atoms with Crippen molar-refractivity contribution in [2.24, 2.45) is 0 Å². The Labute approximate surface area is 135 Å². The molecule has 1 heterocycles. The molecule has 0 radical (unpaired) electrons. The van der Waals surface area contributed by atoms with Gasteiger partial charge in [0.05, 0.1) is 24.3 Å². The van der Waals surface area contributed by atoms with Crippen LogP contribution in [-0.2, 0) is 16.0 Å². The van der Waals surface area contributed by atoms with E-state index in [4.69, 9.17) is 0 Å². The quantitative estimate of drug-likeness (QED) is 0.905. The van der Waals surface area contributed by atoms with E-state index in [-0.39, 0.29) is 11.8 Å². The molecule has 2 amide bonds. The Bertz CT molecular complexity index is 700. The standard InChI is InChI=1S/C18H19N3O2/c22-17(12-14-6-2-1-3-7-14)20-15-8-4-5-9-16(15)21-11-10-19-18(23)13-21/h1-9H,10-13H2,(H,19,23)(H,20,22). The van der Waals surface area contributed by atoms with Crippen LogP contribution < -0.4 is 15.5 Å². The van der Waals surface area contributed by atoms with Gasteiger partial charge in [0.25, 0.3) is 0 Å². The van der Waals surface area contributed by atoms with E-state index in [9.17, 15) is 9.59 Å². The van der Waals surface area contributed by atoms with Gasteiger partial charge in [-0.15, -0.1) is 0 Å². The van der Waals surface area contributed by atoms with Gasteiger partial charge in [0, 0.05) is 13.1 Å². The predicted octanol–water partition coefficient (Wildman–Crippen LogP) is 1.80. The summed E-state index contributed by atoms with van der Waals surface area (Å²) in [5.74, 6) is -0.0632. The van der Waals surface area contributed by atoms with E-state index >= 15 is 0 Å². The fourth-order valence-electron chi connectivity index (χ4n) is 2.67. The smallest absolute Gasteiger partial charge is 0.239 e. The molecule has 1 aliphatic rings. The minimum Gasteiger partial charge on any atom is -0.359 e. The third kappa shape index (κ3) is 3.88. The van der Waals surface area contributed by atoms with E-state index in [1.807, 2.05) is 59.5 Å². The van der Waals surface area contributed by atoms with Crippen LogP contribution in [0.1, 0.15) is 5.56 Å². The van der Waals surface area contributed by atoms with Crippen molar-refractivity contribution in [2.75, 3.05) is 29.9 Å². The van der Waals surface area contributed by atoms with Crippen molar-refractivity contribution in [1.29, 1.82) is 0 Å². The molecule has 0 unspecified atom stereocenters. The summed E-state index contributed by atoms with van der Waals surface area (Å²) in [6.07, 6.45) is 0.329. The average molecular weight is 309 g/mol. The van der Waals surface area contributed by atoms with E-state index in [1.54, 1.807) is 0 Å². The zero-order chi connectivity index (χ0) is 16.1. The highest BCUT2D eigenvalue weighted by Crippen LogP contribution is 2.26. The molecule has 3 rings (SSSR count). The van der Waals surface area contributed by atoms with Gasteiger partial charge >= 0.3 is 0 Å². The average Bonchev–Trinajstić information content (AvgIpc) is 2.56. The lowest BCUT2D eigenvalue weighted by Gasteiger charge is -2.30. The Hall–Kier alpha value is -2.82. The van der Waals surface area contributed by atoms with Crippen molar-refractivity contribution in [1.82, 2.24) is 5.32 Å². The second-order valence-corrected chi connectivity index (χ2v) is 5.50. The van der Waals surface area contributed by atoms with Crippen molar-refractivity contribution in [3.63, 3.8) is 0 Å². The summed E-state index contributed by atoms with van der Waals surface area (Å²) in [5, 5.41) is 5.77. The summed E-state index contributed by atoms with van der Waals surface area (Å²) in [7, 11) is 0. The normalized spacial score (nSPS) is 14.3. The van der Waals surface area contributed by atoms with Crippen LogP contribution in [-0.4, -0.2) is 31.4 Å². The molecule has 0 bridgehead atoms. The number of para-hydroxylation sites is 2. The van der Waals surface area contributed by atoms with E-state index in [2.05, 4.69) is 10.6 Å². The molecule has 0 saturated carbocycles. The minimum absolute atomic E-state index is 0.00154. The lowest BCUT2D eigenvalue weighted by atomic mass is 10.1. The van der Waals surface area contributed by atoms with Gasteiger partial charge in [-0.25, -0.2) is 0 Å². The van der Waals surface area contributed by atoms with Crippen LogP contribution >= 0.6 is 0 Å². The van der Waals surface area contributed by atoms with Crippen LogP contribution in [0.25, 0.3) is 0 Å². The van der Waals surface area contributed by atoms with Gasteiger partial charge in [0.15, 0.2) is 0 Å². The van der Waals surface area contributed by atoms with Crippen molar-refractivity contribution in [3.8, 4) is 0 Å². The molecule has 0 atom stereocenters. The van der Waals surface area contributed by atoms with E-state index in [0.29, 0.717) is 19.5 Å². The predicted molar refractivity (Wildman–Crippen MR) is 90.4 cm³/mol. The maximum absolute atomic E-state index is 12.3. The molecular weight excluding hydrogens is 290 g/mol. The molecule has 2 aromatic carbocycles. The van der Waals surface area contributed by atoms with Crippen LogP contribution in [0.3, 0.4) is 0 Å². The fraction of sp³-hybridized carbons (Fsp3) is 0.222. The molecule has 1 fully saturated rings. The zero-order valence-corrected chi connectivity index (χ0v) is 12.8. The van der Waals surface area contributed by atoms with Crippen LogP contribution in [0.5, 0.6) is 0 Å². The maximum Gasteiger partial charge on any atom is 0.239 e. The molecule has 118 valence electrons. The van der Waals surface area contributed by atoms with Crippen molar-refractivity contribution >= 4 is 23.2 Å². The Balaban J connectivity index is 1.72. The Kier molecular flexibility index (Phi) is 4.57. The van der Waals surface area contributed by atoms with Gasteiger partial charge in [0.1, 0.15) is 0 Å². The number of hydrogen-bond donors (Lipinski definition) is 2. The number of nitrogens with one attached hydrogen (secondary N) is 2. The van der Waals surface area contributed by atoms with Crippen LogP contribution in [0.4, 0.5) is 11.4 Å². The van der Waals surface area contributed by atoms with E-state index in [1.165, 1.54) is 0 Å². The summed E-state index contributed by atoms with van der Waals surface area (Å²) in [6.45, 7) is 1.66. The fourth-order valence-corrected chi connectivity index (χ4v) is 2.67. The van der Waals surface area contributed by atoms with E-state index in [0.717, 1.165) is 23.5 Å². The largest absolute Gasteiger partial charge is 0.359 e. The number of benzene rings is 2. The van der Waals surface area contributed by atoms with E-state index < -0.39 is 0 Å². The van der Waals surface area contributed by atoms with Crippen molar-refractivity contribution in [3.05, 3.63) is 60.2 Å². The molecule has 2 aromatic rings. The molecule has 0 spiro atoms. The van der Waals surface area contributed by atoms with Crippen LogP contribution in [0, 0.1) is 0 Å². The third-order valence-electron chi connectivity index (χ3n) is 3.76. The number of amides is 2. The zero-order valence-electron chi connectivity index (χ0n) is 12.8. The van der Waals surface area contributed by atoms with Crippen molar-refractivity contribution < 1.29 is 9.59 Å². The number of rotatable bonds is 4. The molecule has 0 aliphatic carbocycles. The molecule has 0 aromatic heterocycles. The van der Waals surface area contributed by atoms with Gasteiger partial charge in [0.2, 0.25) is 11.8 Å². The van der Waals surface area contributed by atoms with Gasteiger partial charge < -0.3 is 15.5 Å². The highest BCUT2D eigenvalue weighted by atomic mass is 16.2. The second-order valence-electron chi connectivity index (χ2n) is 5.50. The summed E-state index contributed by atoms with van der Waals surface area (Å²) in [4.78, 5) is 25.8. The molecule has 2 N–H and O–H groups in total. The van der Waals surface area contributed by atoms with Gasteiger partial charge in [-0.05, 0) is 17.7 Å². The lowest BCUT2D eigenvalue weighted by Crippen LogP contribution is -2.47. The molecule has 5 nitrogen and oxygen atoms in total. The molecule has 23 heavy (non-hydrogen) atoms. The van der Waals surface area contributed by atoms with Gasteiger partial charge in [-0.1, -0.05) is 42.5 Å². The highest BCUT2D eigenvalue weighted by molar-refractivity contribution is 5.96. The first-order valence-corrected chi connectivity index (χ1v) is 7.67. The Morgan fingerprint density at radius 3 is 2.61 bits per heavy atom. The summed E-state index contributed by atoms with van der Waals surface area (Å²) >= 11 is 0. The molecule has 5 heteroatoms.